The number of nitrogens with zero attached hydrogens (tertiary/aromatic N) is 2. The van der Waals surface area contributed by atoms with Crippen LogP contribution in [0.25, 0.3) is 0 Å². The van der Waals surface area contributed by atoms with Crippen molar-refractivity contribution < 1.29 is 0 Å². The van der Waals surface area contributed by atoms with Crippen LogP contribution in [0.2, 0.25) is 0 Å². The van der Waals surface area contributed by atoms with Crippen molar-refractivity contribution >= 4 is 29.9 Å². The molecule has 0 spiro atoms. The van der Waals surface area contributed by atoms with Crippen molar-refractivity contribution in [2.24, 2.45) is 16.6 Å². The minimum atomic E-state index is 0. The summed E-state index contributed by atoms with van der Waals surface area (Å²) < 4.78 is 0. The highest BCUT2D eigenvalue weighted by Crippen LogP contribution is 2.28. The van der Waals surface area contributed by atoms with Crippen molar-refractivity contribution in [2.75, 3.05) is 26.2 Å². The Morgan fingerprint density at radius 1 is 1.24 bits per heavy atom. The minimum Gasteiger partial charge on any atom is -0.370 e. The van der Waals surface area contributed by atoms with Crippen LogP contribution in [0.15, 0.2) is 4.99 Å². The summed E-state index contributed by atoms with van der Waals surface area (Å²) >= 11 is 0. The van der Waals surface area contributed by atoms with Gasteiger partial charge in [-0.15, -0.1) is 24.0 Å². The maximum Gasteiger partial charge on any atom is 0.188 e. The molecule has 0 aromatic heterocycles. The van der Waals surface area contributed by atoms with E-state index in [9.17, 15) is 0 Å². The smallest absolute Gasteiger partial charge is 0.188 e. The van der Waals surface area contributed by atoms with Crippen LogP contribution in [0, 0.1) is 5.92 Å². The lowest BCUT2D eigenvalue weighted by Gasteiger charge is -2.21. The third-order valence-electron chi connectivity index (χ3n) is 4.95. The van der Waals surface area contributed by atoms with Crippen LogP contribution in [0.5, 0.6) is 0 Å². The first-order chi connectivity index (χ1) is 9.79. The largest absolute Gasteiger partial charge is 0.370 e. The van der Waals surface area contributed by atoms with Crippen molar-refractivity contribution in [3.63, 3.8) is 0 Å². The van der Waals surface area contributed by atoms with E-state index < -0.39 is 0 Å². The molecule has 1 saturated heterocycles. The van der Waals surface area contributed by atoms with E-state index in [1.165, 1.54) is 57.9 Å². The second-order valence-corrected chi connectivity index (χ2v) is 6.37. The molecule has 2 fully saturated rings. The Kier molecular flexibility index (Phi) is 9.64. The molecule has 1 atom stereocenters. The summed E-state index contributed by atoms with van der Waals surface area (Å²) in [6.07, 6.45) is 10.9. The first-order valence-corrected chi connectivity index (χ1v) is 8.57. The molecule has 1 unspecified atom stereocenters. The molecule has 1 aliphatic heterocycles. The number of aliphatic imine (C=N–C) groups is 1. The molecule has 0 aromatic carbocycles. The van der Waals surface area contributed by atoms with Crippen LogP contribution in [-0.2, 0) is 0 Å². The molecule has 21 heavy (non-hydrogen) atoms. The summed E-state index contributed by atoms with van der Waals surface area (Å²) in [5.74, 6) is 1.62. The predicted molar refractivity (Wildman–Crippen MR) is 101 cm³/mol. The Bertz CT molecular complexity index is 303. The lowest BCUT2D eigenvalue weighted by molar-refractivity contribution is 0.273. The van der Waals surface area contributed by atoms with Gasteiger partial charge < -0.3 is 11.1 Å². The van der Waals surface area contributed by atoms with Gasteiger partial charge in [0.15, 0.2) is 5.96 Å². The molecule has 124 valence electrons. The van der Waals surface area contributed by atoms with Gasteiger partial charge in [-0.2, -0.15) is 0 Å². The van der Waals surface area contributed by atoms with Crippen LogP contribution in [-0.4, -0.2) is 43.1 Å². The van der Waals surface area contributed by atoms with E-state index in [1.807, 2.05) is 0 Å². The Labute approximate surface area is 147 Å². The number of hydrogen-bond donors (Lipinski definition) is 2. The van der Waals surface area contributed by atoms with Gasteiger partial charge in [0.1, 0.15) is 0 Å². The summed E-state index contributed by atoms with van der Waals surface area (Å²) in [6.45, 7) is 6.43. The van der Waals surface area contributed by atoms with Gasteiger partial charge >= 0.3 is 0 Å². The van der Waals surface area contributed by atoms with E-state index in [0.29, 0.717) is 12.0 Å². The summed E-state index contributed by atoms with van der Waals surface area (Å²) in [5, 5.41) is 3.27. The van der Waals surface area contributed by atoms with Crippen LogP contribution in [0.3, 0.4) is 0 Å². The molecule has 4 nitrogen and oxygen atoms in total. The molecule has 1 heterocycles. The number of likely N-dealkylation sites (N-methyl/N-ethyl adjacent to an activating group) is 1. The van der Waals surface area contributed by atoms with E-state index in [0.717, 1.165) is 25.6 Å². The van der Waals surface area contributed by atoms with Crippen molar-refractivity contribution in [1.29, 1.82) is 0 Å². The zero-order valence-corrected chi connectivity index (χ0v) is 15.9. The number of rotatable bonds is 7. The Morgan fingerprint density at radius 3 is 2.71 bits per heavy atom. The van der Waals surface area contributed by atoms with Gasteiger partial charge in [0.25, 0.3) is 0 Å². The highest BCUT2D eigenvalue weighted by Gasteiger charge is 2.22. The molecule has 1 aliphatic carbocycles. The summed E-state index contributed by atoms with van der Waals surface area (Å²) in [5.41, 5.74) is 5.95. The second-order valence-electron chi connectivity index (χ2n) is 6.37. The molecule has 1 saturated carbocycles. The predicted octanol–water partition coefficient (Wildman–Crippen LogP) is 2.96. The highest BCUT2D eigenvalue weighted by atomic mass is 127. The van der Waals surface area contributed by atoms with E-state index in [1.54, 1.807) is 0 Å². The van der Waals surface area contributed by atoms with Crippen molar-refractivity contribution in [3.05, 3.63) is 0 Å². The van der Waals surface area contributed by atoms with Gasteiger partial charge in [0, 0.05) is 12.6 Å². The number of likely N-dealkylation sites (tertiary alicyclic amines) is 1. The Morgan fingerprint density at radius 2 is 2.00 bits per heavy atom. The zero-order valence-electron chi connectivity index (χ0n) is 13.5. The first-order valence-electron chi connectivity index (χ1n) is 8.57. The third kappa shape index (κ3) is 6.72. The Hall–Kier alpha value is -0.0400. The lowest BCUT2D eigenvalue weighted by Crippen LogP contribution is -2.36. The quantitative estimate of drug-likeness (QED) is 0.295. The summed E-state index contributed by atoms with van der Waals surface area (Å²) in [7, 11) is 0. The van der Waals surface area contributed by atoms with Crippen LogP contribution in [0.1, 0.15) is 58.3 Å². The van der Waals surface area contributed by atoms with Crippen molar-refractivity contribution in [1.82, 2.24) is 10.2 Å². The fraction of sp³-hybridized carbons (Fsp3) is 0.938. The van der Waals surface area contributed by atoms with E-state index >= 15 is 0 Å². The van der Waals surface area contributed by atoms with E-state index in [2.05, 4.69) is 22.1 Å². The summed E-state index contributed by atoms with van der Waals surface area (Å²) in [4.78, 5) is 7.03. The average molecular weight is 408 g/mol. The van der Waals surface area contributed by atoms with Gasteiger partial charge in [-0.25, -0.2) is 0 Å². The number of halogens is 1. The van der Waals surface area contributed by atoms with E-state index in [-0.39, 0.29) is 24.0 Å². The van der Waals surface area contributed by atoms with Crippen molar-refractivity contribution in [2.45, 2.75) is 64.3 Å². The molecule has 0 bridgehead atoms. The maximum atomic E-state index is 5.95. The van der Waals surface area contributed by atoms with Crippen LogP contribution >= 0.6 is 24.0 Å². The van der Waals surface area contributed by atoms with Crippen LogP contribution < -0.4 is 11.1 Å². The van der Waals surface area contributed by atoms with Gasteiger partial charge in [-0.3, -0.25) is 9.89 Å². The number of nitrogens with one attached hydrogen (secondary N) is 1. The van der Waals surface area contributed by atoms with Crippen molar-refractivity contribution in [3.8, 4) is 0 Å². The van der Waals surface area contributed by atoms with E-state index in [4.69, 9.17) is 5.73 Å². The van der Waals surface area contributed by atoms with Gasteiger partial charge in [0.05, 0.1) is 6.54 Å². The zero-order chi connectivity index (χ0) is 14.2. The van der Waals surface area contributed by atoms with Gasteiger partial charge in [-0.1, -0.05) is 32.6 Å². The molecule has 0 radical (unpaired) electrons. The standard InChI is InChI=1S/C16H32N4.HI/c1-2-20-12-6-10-15(20)13-19-16(17)18-11-5-9-14-7-3-4-8-14;/h14-15H,2-13H2,1H3,(H3,17,18,19);1H. The van der Waals surface area contributed by atoms with Gasteiger partial charge in [0.2, 0.25) is 0 Å². The topological polar surface area (TPSA) is 53.6 Å². The SMILES string of the molecule is CCN1CCCC1CN=C(N)NCCCC1CCCC1.I. The molecular formula is C16H33IN4. The minimum absolute atomic E-state index is 0. The fourth-order valence-corrected chi connectivity index (χ4v) is 3.68. The molecule has 2 aliphatic rings. The number of guanidine groups is 1. The molecule has 2 rings (SSSR count). The Balaban J connectivity index is 0.00000220. The number of hydrogen-bond acceptors (Lipinski definition) is 2. The molecular weight excluding hydrogens is 375 g/mol. The summed E-state index contributed by atoms with van der Waals surface area (Å²) in [6, 6.07) is 0.610. The van der Waals surface area contributed by atoms with Crippen LogP contribution in [0.4, 0.5) is 0 Å². The molecule has 0 aromatic rings. The molecule has 3 N–H and O–H groups in total. The normalized spacial score (nSPS) is 24.2. The first kappa shape index (κ1) is 19.0. The maximum absolute atomic E-state index is 5.95. The monoisotopic (exact) mass is 408 g/mol. The molecule has 0 amide bonds. The average Bonchev–Trinajstić information content (AvgIpc) is 3.12. The third-order valence-corrected chi connectivity index (χ3v) is 4.95. The number of nitrogens with two attached hydrogens (primary N) is 1. The van der Waals surface area contributed by atoms with Gasteiger partial charge in [-0.05, 0) is 44.7 Å². The second kappa shape index (κ2) is 10.6. The molecule has 5 heteroatoms. The lowest BCUT2D eigenvalue weighted by atomic mass is 10.0. The fourth-order valence-electron chi connectivity index (χ4n) is 3.68. The highest BCUT2D eigenvalue weighted by molar-refractivity contribution is 14.0.